The predicted molar refractivity (Wildman–Crippen MR) is 126 cm³/mol. The highest BCUT2D eigenvalue weighted by molar-refractivity contribution is 5.77. The molecule has 0 heterocycles. The Hall–Kier alpha value is -1.39. The van der Waals surface area contributed by atoms with Crippen molar-refractivity contribution in [3.63, 3.8) is 0 Å². The monoisotopic (exact) mass is 416 g/mol. The van der Waals surface area contributed by atoms with Gasteiger partial charge in [-0.05, 0) is 44.3 Å². The third kappa shape index (κ3) is 9.61. The molecule has 2 rings (SSSR count). The summed E-state index contributed by atoms with van der Waals surface area (Å²) >= 11 is 0. The number of hydrogen-bond donors (Lipinski definition) is 1. The van der Waals surface area contributed by atoms with E-state index in [-0.39, 0.29) is 18.1 Å². The molecule has 1 fully saturated rings. The zero-order chi connectivity index (χ0) is 21.4. The normalized spacial score (nSPS) is 18.4. The van der Waals surface area contributed by atoms with Crippen molar-refractivity contribution >= 4 is 5.97 Å². The molecular weight excluding hydrogens is 372 g/mol. The van der Waals surface area contributed by atoms with Crippen molar-refractivity contribution in [3.8, 4) is 0 Å². The topological polar surface area (TPSA) is 41.6 Å². The standard InChI is InChI=1S/C26H44N2O2/c1-3-28(4-2)22-21-27-25(23-17-13-12-14-18-23)26(29)30-24-19-15-10-8-6-5-7-9-11-16-20-24/h12-14,17-18,24-25,27H,3-11,15-16,19-22H2,1-2H3. The molecule has 0 bridgehead atoms. The summed E-state index contributed by atoms with van der Waals surface area (Å²) in [6.45, 7) is 8.13. The van der Waals surface area contributed by atoms with Crippen molar-refractivity contribution < 1.29 is 9.53 Å². The first kappa shape index (κ1) is 24.9. The van der Waals surface area contributed by atoms with Crippen LogP contribution in [0, 0.1) is 0 Å². The van der Waals surface area contributed by atoms with Gasteiger partial charge in [0.2, 0.25) is 0 Å². The second-order valence-electron chi connectivity index (χ2n) is 8.64. The van der Waals surface area contributed by atoms with E-state index >= 15 is 0 Å². The van der Waals surface area contributed by atoms with Crippen LogP contribution in [-0.2, 0) is 9.53 Å². The zero-order valence-electron chi connectivity index (χ0n) is 19.4. The molecule has 1 aliphatic rings. The van der Waals surface area contributed by atoms with E-state index in [1.807, 2.05) is 30.3 Å². The molecule has 1 saturated carbocycles. The van der Waals surface area contributed by atoms with Crippen LogP contribution in [0.3, 0.4) is 0 Å². The molecule has 170 valence electrons. The maximum absolute atomic E-state index is 13.2. The van der Waals surface area contributed by atoms with Crippen LogP contribution in [0.5, 0.6) is 0 Å². The smallest absolute Gasteiger partial charge is 0.328 e. The van der Waals surface area contributed by atoms with E-state index in [1.165, 1.54) is 57.8 Å². The third-order valence-electron chi connectivity index (χ3n) is 6.37. The van der Waals surface area contributed by atoms with Gasteiger partial charge in [-0.2, -0.15) is 0 Å². The van der Waals surface area contributed by atoms with Gasteiger partial charge >= 0.3 is 5.97 Å². The molecule has 4 nitrogen and oxygen atoms in total. The van der Waals surface area contributed by atoms with Crippen LogP contribution < -0.4 is 5.32 Å². The van der Waals surface area contributed by atoms with E-state index in [0.717, 1.165) is 44.6 Å². The van der Waals surface area contributed by atoms with Gasteiger partial charge in [0, 0.05) is 13.1 Å². The highest BCUT2D eigenvalue weighted by Crippen LogP contribution is 2.22. The van der Waals surface area contributed by atoms with Crippen LogP contribution >= 0.6 is 0 Å². The van der Waals surface area contributed by atoms with Gasteiger partial charge in [0.1, 0.15) is 12.1 Å². The van der Waals surface area contributed by atoms with Gasteiger partial charge in [-0.15, -0.1) is 0 Å². The lowest BCUT2D eigenvalue weighted by atomic mass is 9.99. The molecule has 1 aromatic carbocycles. The van der Waals surface area contributed by atoms with Crippen LogP contribution in [0.15, 0.2) is 30.3 Å². The molecule has 1 N–H and O–H groups in total. The number of carbonyl (C=O) groups excluding carboxylic acids is 1. The van der Waals surface area contributed by atoms with E-state index in [9.17, 15) is 4.79 Å². The Morgan fingerprint density at radius 1 is 0.933 bits per heavy atom. The fourth-order valence-corrected chi connectivity index (χ4v) is 4.37. The molecular formula is C26H44N2O2. The van der Waals surface area contributed by atoms with Gasteiger partial charge in [-0.1, -0.05) is 89.1 Å². The first-order valence-corrected chi connectivity index (χ1v) is 12.5. The molecule has 0 aliphatic heterocycles. The minimum absolute atomic E-state index is 0.0627. The molecule has 0 saturated heterocycles. The number of esters is 1. The fraction of sp³-hybridized carbons (Fsp3) is 0.731. The van der Waals surface area contributed by atoms with Crippen LogP contribution in [0.2, 0.25) is 0 Å². The lowest BCUT2D eigenvalue weighted by Crippen LogP contribution is -2.38. The van der Waals surface area contributed by atoms with E-state index in [1.54, 1.807) is 0 Å². The van der Waals surface area contributed by atoms with Gasteiger partial charge in [0.25, 0.3) is 0 Å². The Bertz CT molecular complexity index is 547. The number of likely N-dealkylation sites (N-methyl/N-ethyl adjacent to an activating group) is 1. The summed E-state index contributed by atoms with van der Waals surface area (Å²) in [5.41, 5.74) is 0.996. The minimum atomic E-state index is -0.386. The third-order valence-corrected chi connectivity index (χ3v) is 6.37. The van der Waals surface area contributed by atoms with Gasteiger partial charge in [-0.25, -0.2) is 4.79 Å². The van der Waals surface area contributed by atoms with E-state index in [0.29, 0.717) is 0 Å². The van der Waals surface area contributed by atoms with Crippen molar-refractivity contribution in [1.82, 2.24) is 10.2 Å². The second-order valence-corrected chi connectivity index (χ2v) is 8.64. The highest BCUT2D eigenvalue weighted by atomic mass is 16.5. The molecule has 4 heteroatoms. The van der Waals surface area contributed by atoms with Crippen LogP contribution in [0.4, 0.5) is 0 Å². The van der Waals surface area contributed by atoms with Crippen molar-refractivity contribution in [3.05, 3.63) is 35.9 Å². The van der Waals surface area contributed by atoms with E-state index < -0.39 is 0 Å². The number of benzene rings is 1. The van der Waals surface area contributed by atoms with E-state index in [2.05, 4.69) is 24.1 Å². The molecule has 1 aromatic rings. The van der Waals surface area contributed by atoms with Crippen molar-refractivity contribution in [1.29, 1.82) is 0 Å². The summed E-state index contributed by atoms with van der Waals surface area (Å²) in [6.07, 6.45) is 13.7. The van der Waals surface area contributed by atoms with Gasteiger partial charge < -0.3 is 9.64 Å². The number of nitrogens with one attached hydrogen (secondary N) is 1. The molecule has 0 radical (unpaired) electrons. The van der Waals surface area contributed by atoms with Gasteiger partial charge in [-0.3, -0.25) is 5.32 Å². The fourth-order valence-electron chi connectivity index (χ4n) is 4.37. The van der Waals surface area contributed by atoms with E-state index in [4.69, 9.17) is 4.74 Å². The molecule has 0 spiro atoms. The average molecular weight is 417 g/mol. The zero-order valence-corrected chi connectivity index (χ0v) is 19.4. The van der Waals surface area contributed by atoms with Crippen LogP contribution in [0.25, 0.3) is 0 Å². The summed E-state index contributed by atoms with van der Waals surface area (Å²) in [5, 5.41) is 3.48. The van der Waals surface area contributed by atoms with Gasteiger partial charge in [0.05, 0.1) is 0 Å². The Morgan fingerprint density at radius 2 is 1.47 bits per heavy atom. The molecule has 1 atom stereocenters. The molecule has 30 heavy (non-hydrogen) atoms. The summed E-state index contributed by atoms with van der Waals surface area (Å²) in [6, 6.07) is 9.65. The Balaban J connectivity index is 1.96. The second kappa shape index (κ2) is 15.4. The average Bonchev–Trinajstić information content (AvgIpc) is 2.76. The number of carbonyl (C=O) groups is 1. The molecule has 0 amide bonds. The number of ether oxygens (including phenoxy) is 1. The Kier molecular flexibility index (Phi) is 12.8. The number of hydrogen-bond acceptors (Lipinski definition) is 4. The maximum Gasteiger partial charge on any atom is 0.328 e. The molecule has 0 aromatic heterocycles. The lowest BCUT2D eigenvalue weighted by Gasteiger charge is -2.25. The van der Waals surface area contributed by atoms with Gasteiger partial charge in [0.15, 0.2) is 0 Å². The summed E-state index contributed by atoms with van der Waals surface area (Å²) in [4.78, 5) is 15.6. The number of nitrogens with zero attached hydrogens (tertiary/aromatic N) is 1. The molecule has 1 aliphatic carbocycles. The van der Waals surface area contributed by atoms with Crippen molar-refractivity contribution in [2.24, 2.45) is 0 Å². The van der Waals surface area contributed by atoms with Crippen molar-refractivity contribution in [2.45, 2.75) is 96.6 Å². The van der Waals surface area contributed by atoms with Crippen LogP contribution in [-0.4, -0.2) is 43.2 Å². The van der Waals surface area contributed by atoms with Crippen LogP contribution in [0.1, 0.15) is 96.1 Å². The Labute approximate surface area is 184 Å². The largest absolute Gasteiger partial charge is 0.461 e. The minimum Gasteiger partial charge on any atom is -0.461 e. The predicted octanol–water partition coefficient (Wildman–Crippen LogP) is 5.88. The Morgan fingerprint density at radius 3 is 2.00 bits per heavy atom. The summed E-state index contributed by atoms with van der Waals surface area (Å²) < 4.78 is 6.11. The summed E-state index contributed by atoms with van der Waals surface area (Å²) in [5.74, 6) is -0.113. The first-order valence-electron chi connectivity index (χ1n) is 12.5. The lowest BCUT2D eigenvalue weighted by molar-refractivity contribution is -0.152. The number of rotatable bonds is 9. The first-order chi connectivity index (χ1) is 14.7. The maximum atomic E-state index is 13.2. The summed E-state index contributed by atoms with van der Waals surface area (Å²) in [7, 11) is 0. The highest BCUT2D eigenvalue weighted by Gasteiger charge is 2.25. The quantitative estimate of drug-likeness (QED) is 0.511. The SMILES string of the molecule is CCN(CC)CCNC(C(=O)OC1CCCCCCCCCCC1)c1ccccc1. The molecule has 1 unspecified atom stereocenters. The van der Waals surface area contributed by atoms with Crippen molar-refractivity contribution in [2.75, 3.05) is 26.2 Å².